The molecule has 0 saturated carbocycles. The molecule has 0 spiro atoms. The maximum absolute atomic E-state index is 2.48. The van der Waals surface area contributed by atoms with Gasteiger partial charge < -0.3 is 0 Å². The second-order valence-corrected chi connectivity index (χ2v) is 16.4. The monoisotopic (exact) mass is 608 g/mol. The first-order valence-electron chi connectivity index (χ1n) is 15.6. The van der Waals surface area contributed by atoms with Crippen molar-refractivity contribution >= 4 is 58.4 Å². The molecule has 0 bridgehead atoms. The maximum atomic E-state index is 2.48. The second-order valence-electron chi connectivity index (χ2n) is 12.2. The summed E-state index contributed by atoms with van der Waals surface area (Å²) in [5.41, 5.74) is 11.0. The summed E-state index contributed by atoms with van der Waals surface area (Å²) in [5, 5.41) is 11.5. The summed E-state index contributed by atoms with van der Waals surface area (Å²) in [4.78, 5) is 0. The van der Waals surface area contributed by atoms with Gasteiger partial charge in [-0.1, -0.05) is 109 Å². The van der Waals surface area contributed by atoms with Crippen LogP contribution in [-0.4, -0.2) is 0 Å². The highest BCUT2D eigenvalue weighted by Crippen LogP contribution is 2.44. The minimum absolute atomic E-state index is 0.846. The molecule has 0 fully saturated rings. The zero-order valence-corrected chi connectivity index (χ0v) is 29.1. The van der Waals surface area contributed by atoms with Crippen LogP contribution in [0.3, 0.4) is 0 Å². The van der Waals surface area contributed by atoms with Gasteiger partial charge in [-0.2, -0.15) is 0 Å². The average molecular weight is 609 g/mol. The molecule has 0 aliphatic heterocycles. The molecule has 0 nitrogen and oxygen atoms in total. The molecule has 0 unspecified atom stereocenters. The van der Waals surface area contributed by atoms with E-state index in [1.54, 1.807) is 0 Å². The van der Waals surface area contributed by atoms with Gasteiger partial charge in [-0.15, -0.1) is 0 Å². The van der Waals surface area contributed by atoms with E-state index in [0.29, 0.717) is 0 Å². The van der Waals surface area contributed by atoms with E-state index in [1.807, 2.05) is 0 Å². The largest absolute Gasteiger partial charge is 0.0616 e. The minimum Gasteiger partial charge on any atom is -0.0616 e. The van der Waals surface area contributed by atoms with Crippen molar-refractivity contribution < 1.29 is 0 Å². The Morgan fingerprint density at radius 3 is 1.14 bits per heavy atom. The Kier molecular flexibility index (Phi) is 8.61. The number of aryl methyl sites for hydroxylation is 4. The van der Waals surface area contributed by atoms with Crippen LogP contribution in [0.15, 0.2) is 109 Å². The Labute approximate surface area is 266 Å². The van der Waals surface area contributed by atoms with E-state index in [0.717, 1.165) is 0 Å². The first-order valence-corrected chi connectivity index (χ1v) is 18.2. The van der Waals surface area contributed by atoms with Crippen molar-refractivity contribution in [2.45, 2.75) is 55.4 Å². The average Bonchev–Trinajstić information content (AvgIpc) is 3.02. The molecular formula is C42H42P2. The summed E-state index contributed by atoms with van der Waals surface area (Å²) in [6.07, 6.45) is 0. The predicted molar refractivity (Wildman–Crippen MR) is 199 cm³/mol. The van der Waals surface area contributed by atoms with E-state index >= 15 is 0 Å². The van der Waals surface area contributed by atoms with Crippen LogP contribution >= 0.6 is 15.8 Å². The molecule has 6 aromatic rings. The van der Waals surface area contributed by atoms with E-state index in [-0.39, 0.29) is 0 Å². The maximum Gasteiger partial charge on any atom is 0.00112 e. The van der Waals surface area contributed by atoms with E-state index in [2.05, 4.69) is 165 Å². The number of benzene rings is 6. The Hall–Kier alpha value is -3.56. The molecule has 6 rings (SSSR count). The Balaban J connectivity index is 1.81. The van der Waals surface area contributed by atoms with Crippen LogP contribution in [0.25, 0.3) is 10.8 Å². The lowest BCUT2D eigenvalue weighted by Crippen LogP contribution is -2.37. The van der Waals surface area contributed by atoms with Crippen LogP contribution < -0.4 is 31.8 Å². The highest BCUT2D eigenvalue weighted by molar-refractivity contribution is 7.86. The summed E-state index contributed by atoms with van der Waals surface area (Å²) in [6.45, 7) is 18.3. The van der Waals surface area contributed by atoms with Gasteiger partial charge in [0, 0.05) is 5.30 Å². The van der Waals surface area contributed by atoms with E-state index in [9.17, 15) is 0 Å². The molecule has 0 N–H and O–H groups in total. The molecule has 0 heterocycles. The van der Waals surface area contributed by atoms with Gasteiger partial charge >= 0.3 is 0 Å². The third-order valence-corrected chi connectivity index (χ3v) is 15.4. The lowest BCUT2D eigenvalue weighted by atomic mass is 10.1. The van der Waals surface area contributed by atoms with Crippen LogP contribution in [0, 0.1) is 55.4 Å². The zero-order chi connectivity index (χ0) is 31.1. The normalized spacial score (nSPS) is 11.6. The van der Waals surface area contributed by atoms with Gasteiger partial charge in [0.25, 0.3) is 0 Å². The Morgan fingerprint density at radius 1 is 0.318 bits per heavy atom. The third-order valence-electron chi connectivity index (χ3n) is 9.61. The van der Waals surface area contributed by atoms with Gasteiger partial charge in [-0.05, 0) is 153 Å². The van der Waals surface area contributed by atoms with Gasteiger partial charge in [-0.25, -0.2) is 0 Å². The first-order chi connectivity index (χ1) is 21.2. The number of fused-ring (bicyclic) bond motifs is 1. The summed E-state index contributed by atoms with van der Waals surface area (Å²) >= 11 is 0. The molecule has 44 heavy (non-hydrogen) atoms. The van der Waals surface area contributed by atoms with E-state index in [1.165, 1.54) is 87.1 Å². The van der Waals surface area contributed by atoms with Crippen LogP contribution in [0.1, 0.15) is 44.5 Å². The predicted octanol–water partition coefficient (Wildman–Crippen LogP) is 8.82. The van der Waals surface area contributed by atoms with Crippen LogP contribution in [0.5, 0.6) is 0 Å². The first kappa shape index (κ1) is 30.5. The van der Waals surface area contributed by atoms with Gasteiger partial charge in [-0.3, -0.25) is 0 Å². The zero-order valence-electron chi connectivity index (χ0n) is 27.3. The third kappa shape index (κ3) is 5.34. The van der Waals surface area contributed by atoms with Crippen LogP contribution in [0.4, 0.5) is 0 Å². The van der Waals surface area contributed by atoms with Gasteiger partial charge in [0.15, 0.2) is 0 Å². The minimum atomic E-state index is -0.872. The Morgan fingerprint density at radius 2 is 0.705 bits per heavy atom. The Bertz CT molecular complexity index is 1910. The standard InChI is InChI=1S/C42H42P2/c1-27-15-11-21-37(31(27)5)43(38-22-12-16-28(2)32(38)6)41-26-25-35-19-9-10-20-36(35)42(41)44(39-23-13-17-29(3)33(39)7)40-24-14-18-30(4)34(40)8/h9-26H,1-8H3. The fourth-order valence-electron chi connectivity index (χ4n) is 6.33. The molecule has 0 radical (unpaired) electrons. The fourth-order valence-corrected chi connectivity index (χ4v) is 12.7. The summed E-state index contributed by atoms with van der Waals surface area (Å²) in [6, 6.07) is 41.6. The van der Waals surface area contributed by atoms with Gasteiger partial charge in [0.2, 0.25) is 0 Å². The fraction of sp³-hybridized carbons (Fsp3) is 0.190. The molecule has 0 saturated heterocycles. The van der Waals surface area contributed by atoms with Crippen molar-refractivity contribution in [1.82, 2.24) is 0 Å². The summed E-state index contributed by atoms with van der Waals surface area (Å²) in [7, 11) is -1.72. The van der Waals surface area contributed by atoms with Crippen molar-refractivity contribution in [2.75, 3.05) is 0 Å². The molecule has 0 atom stereocenters. The molecular weight excluding hydrogens is 566 g/mol. The van der Waals surface area contributed by atoms with Crippen molar-refractivity contribution in [3.8, 4) is 0 Å². The highest BCUT2D eigenvalue weighted by atomic mass is 31.1. The molecule has 6 aromatic carbocycles. The molecule has 220 valence electrons. The van der Waals surface area contributed by atoms with E-state index in [4.69, 9.17) is 0 Å². The lowest BCUT2D eigenvalue weighted by Gasteiger charge is -2.32. The topological polar surface area (TPSA) is 0 Å². The van der Waals surface area contributed by atoms with Crippen molar-refractivity contribution in [3.05, 3.63) is 154 Å². The van der Waals surface area contributed by atoms with E-state index < -0.39 is 15.8 Å². The molecule has 0 aromatic heterocycles. The molecule has 0 aliphatic rings. The molecule has 2 heteroatoms. The molecule has 0 aliphatic carbocycles. The van der Waals surface area contributed by atoms with Crippen LogP contribution in [0.2, 0.25) is 0 Å². The van der Waals surface area contributed by atoms with Gasteiger partial charge in [0.05, 0.1) is 0 Å². The smallest absolute Gasteiger partial charge is 0.00112 e. The number of rotatable bonds is 6. The van der Waals surface area contributed by atoms with Crippen LogP contribution in [-0.2, 0) is 0 Å². The molecule has 0 amide bonds. The van der Waals surface area contributed by atoms with Crippen molar-refractivity contribution in [1.29, 1.82) is 0 Å². The second kappa shape index (κ2) is 12.4. The lowest BCUT2D eigenvalue weighted by molar-refractivity contribution is 1.36. The quantitative estimate of drug-likeness (QED) is 0.166. The van der Waals surface area contributed by atoms with Gasteiger partial charge in [0.1, 0.15) is 0 Å². The van der Waals surface area contributed by atoms with Crippen molar-refractivity contribution in [3.63, 3.8) is 0 Å². The number of hydrogen-bond acceptors (Lipinski definition) is 0. The SMILES string of the molecule is Cc1cccc(P(c2cccc(C)c2C)c2ccc3ccccc3c2P(c2cccc(C)c2C)c2cccc(C)c2C)c1C. The van der Waals surface area contributed by atoms with Crippen molar-refractivity contribution in [2.24, 2.45) is 0 Å². The summed E-state index contributed by atoms with van der Waals surface area (Å²) in [5.74, 6) is 0. The summed E-state index contributed by atoms with van der Waals surface area (Å²) < 4.78 is 0. The number of hydrogen-bond donors (Lipinski definition) is 0. The highest BCUT2D eigenvalue weighted by Gasteiger charge is 2.31.